The Kier molecular flexibility index (Phi) is 5.99. The first-order valence-corrected chi connectivity index (χ1v) is 9.92. The number of nitrogens with zero attached hydrogens (tertiary/aromatic N) is 1. The molecule has 1 aromatic rings. The number of carbonyl (C=O) groups is 2. The lowest BCUT2D eigenvalue weighted by atomic mass is 10.1. The Balaban J connectivity index is 1.89. The maximum Gasteiger partial charge on any atom is 0.222 e. The average Bonchev–Trinajstić information content (AvgIpc) is 2.86. The number of benzene rings is 1. The van der Waals surface area contributed by atoms with Crippen LogP contribution in [0, 0.1) is 0 Å². The fourth-order valence-electron chi connectivity index (χ4n) is 2.97. The summed E-state index contributed by atoms with van der Waals surface area (Å²) in [5, 5.41) is 2.75. The number of carbonyl (C=O) groups excluding carboxylic acids is 2. The van der Waals surface area contributed by atoms with Crippen LogP contribution in [0.3, 0.4) is 0 Å². The van der Waals surface area contributed by atoms with E-state index in [9.17, 15) is 18.0 Å². The van der Waals surface area contributed by atoms with Gasteiger partial charge < -0.3 is 10.2 Å². The van der Waals surface area contributed by atoms with Crippen molar-refractivity contribution in [2.75, 3.05) is 18.1 Å². The standard InChI is InChI=1S/C17H24N2O4S/c1-13(15-6-4-3-5-7-15)19(14(2)20)10-8-17(21)18-16-9-11-24(22,23)12-16/h3-7,13,16H,8-12H2,1-2H3,(H,18,21). The molecule has 0 bridgehead atoms. The summed E-state index contributed by atoms with van der Waals surface area (Å²) in [6.07, 6.45) is 0.623. The van der Waals surface area contributed by atoms with Crippen LogP contribution in [0.15, 0.2) is 30.3 Å². The lowest BCUT2D eigenvalue weighted by molar-refractivity contribution is -0.131. The van der Waals surface area contributed by atoms with Gasteiger partial charge in [-0.2, -0.15) is 0 Å². The molecule has 1 aromatic carbocycles. The van der Waals surface area contributed by atoms with Crippen molar-refractivity contribution in [3.8, 4) is 0 Å². The third-order valence-electron chi connectivity index (χ3n) is 4.33. The van der Waals surface area contributed by atoms with Gasteiger partial charge in [0, 0.05) is 25.9 Å². The lowest BCUT2D eigenvalue weighted by Crippen LogP contribution is -2.39. The highest BCUT2D eigenvalue weighted by atomic mass is 32.2. The SMILES string of the molecule is CC(=O)N(CCC(=O)NC1CCS(=O)(=O)C1)C(C)c1ccccc1. The summed E-state index contributed by atoms with van der Waals surface area (Å²) < 4.78 is 22.8. The van der Waals surface area contributed by atoms with E-state index < -0.39 is 9.84 Å². The lowest BCUT2D eigenvalue weighted by Gasteiger charge is -2.28. The summed E-state index contributed by atoms with van der Waals surface area (Å²) in [7, 11) is -3.01. The van der Waals surface area contributed by atoms with E-state index in [0.717, 1.165) is 5.56 Å². The second-order valence-electron chi connectivity index (χ2n) is 6.22. The van der Waals surface area contributed by atoms with Crippen molar-refractivity contribution in [3.05, 3.63) is 35.9 Å². The molecular weight excluding hydrogens is 328 g/mol. The van der Waals surface area contributed by atoms with Crippen LogP contribution in [0.4, 0.5) is 0 Å². The molecule has 2 atom stereocenters. The molecule has 1 aliphatic rings. The van der Waals surface area contributed by atoms with Crippen LogP contribution in [0.25, 0.3) is 0 Å². The first-order chi connectivity index (χ1) is 11.3. The van der Waals surface area contributed by atoms with Crippen molar-refractivity contribution >= 4 is 21.7 Å². The molecule has 1 N–H and O–H groups in total. The molecule has 2 unspecified atom stereocenters. The van der Waals surface area contributed by atoms with Crippen LogP contribution in [0.2, 0.25) is 0 Å². The van der Waals surface area contributed by atoms with Gasteiger partial charge in [0.05, 0.1) is 17.5 Å². The van der Waals surface area contributed by atoms with Gasteiger partial charge in [-0.25, -0.2) is 8.42 Å². The van der Waals surface area contributed by atoms with Crippen LogP contribution >= 0.6 is 0 Å². The number of hydrogen-bond acceptors (Lipinski definition) is 4. The van der Waals surface area contributed by atoms with Crippen molar-refractivity contribution < 1.29 is 18.0 Å². The van der Waals surface area contributed by atoms with Gasteiger partial charge >= 0.3 is 0 Å². The van der Waals surface area contributed by atoms with Gasteiger partial charge in [0.15, 0.2) is 9.84 Å². The van der Waals surface area contributed by atoms with Gasteiger partial charge in [-0.3, -0.25) is 9.59 Å². The first kappa shape index (κ1) is 18.4. The molecule has 1 saturated heterocycles. The second kappa shape index (κ2) is 7.79. The van der Waals surface area contributed by atoms with Crippen molar-refractivity contribution in [2.45, 2.75) is 38.8 Å². The minimum atomic E-state index is -3.01. The Bertz CT molecular complexity index is 688. The molecule has 0 spiro atoms. The Morgan fingerprint density at radius 3 is 2.50 bits per heavy atom. The summed E-state index contributed by atoms with van der Waals surface area (Å²) >= 11 is 0. The largest absolute Gasteiger partial charge is 0.352 e. The van der Waals surface area contributed by atoms with Crippen molar-refractivity contribution in [3.63, 3.8) is 0 Å². The normalized spacial score (nSPS) is 20.3. The van der Waals surface area contributed by atoms with Gasteiger partial charge in [0.2, 0.25) is 11.8 Å². The molecule has 7 heteroatoms. The predicted molar refractivity (Wildman–Crippen MR) is 92.1 cm³/mol. The highest BCUT2D eigenvalue weighted by molar-refractivity contribution is 7.91. The van der Waals surface area contributed by atoms with E-state index in [-0.39, 0.29) is 41.8 Å². The fourth-order valence-corrected chi connectivity index (χ4v) is 4.64. The second-order valence-corrected chi connectivity index (χ2v) is 8.45. The van der Waals surface area contributed by atoms with Crippen LogP contribution in [0.1, 0.15) is 38.3 Å². The topological polar surface area (TPSA) is 83.6 Å². The highest BCUT2D eigenvalue weighted by Gasteiger charge is 2.29. The number of hydrogen-bond donors (Lipinski definition) is 1. The zero-order valence-electron chi connectivity index (χ0n) is 14.1. The van der Waals surface area contributed by atoms with Crippen LogP contribution in [-0.4, -0.2) is 49.2 Å². The third-order valence-corrected chi connectivity index (χ3v) is 6.10. The fraction of sp³-hybridized carbons (Fsp3) is 0.529. The average molecular weight is 352 g/mol. The van der Waals surface area contributed by atoms with Crippen molar-refractivity contribution in [1.29, 1.82) is 0 Å². The predicted octanol–water partition coefficient (Wildman–Crippen LogP) is 1.29. The minimum Gasteiger partial charge on any atom is -0.352 e. The Hall–Kier alpha value is -1.89. The van der Waals surface area contributed by atoms with Gasteiger partial charge in [0.1, 0.15) is 0 Å². The van der Waals surface area contributed by atoms with E-state index >= 15 is 0 Å². The van der Waals surface area contributed by atoms with Crippen LogP contribution in [-0.2, 0) is 19.4 Å². The van der Waals surface area contributed by atoms with Crippen molar-refractivity contribution in [1.82, 2.24) is 10.2 Å². The molecule has 0 saturated carbocycles. The minimum absolute atomic E-state index is 0.00950. The molecule has 24 heavy (non-hydrogen) atoms. The van der Waals surface area contributed by atoms with Gasteiger partial charge in [-0.15, -0.1) is 0 Å². The van der Waals surface area contributed by atoms with Gasteiger partial charge in [-0.1, -0.05) is 30.3 Å². The summed E-state index contributed by atoms with van der Waals surface area (Å²) in [6, 6.07) is 9.21. The summed E-state index contributed by atoms with van der Waals surface area (Å²) in [5.41, 5.74) is 1.01. The van der Waals surface area contributed by atoms with E-state index in [0.29, 0.717) is 13.0 Å². The molecule has 1 aliphatic heterocycles. The summed E-state index contributed by atoms with van der Waals surface area (Å²) in [4.78, 5) is 25.6. The molecule has 1 heterocycles. The van der Waals surface area contributed by atoms with Gasteiger partial charge in [-0.05, 0) is 18.9 Å². The molecule has 6 nitrogen and oxygen atoms in total. The zero-order valence-corrected chi connectivity index (χ0v) is 14.9. The van der Waals surface area contributed by atoms with E-state index in [1.54, 1.807) is 4.90 Å². The monoisotopic (exact) mass is 352 g/mol. The number of nitrogens with one attached hydrogen (secondary N) is 1. The molecular formula is C17H24N2O4S. The number of amides is 2. The summed E-state index contributed by atoms with van der Waals surface area (Å²) in [5.74, 6) is -0.177. The van der Waals surface area contributed by atoms with E-state index in [1.165, 1.54) is 6.92 Å². The number of sulfone groups is 1. The summed E-state index contributed by atoms with van der Waals surface area (Å²) in [6.45, 7) is 3.72. The van der Waals surface area contributed by atoms with Crippen LogP contribution in [0.5, 0.6) is 0 Å². The van der Waals surface area contributed by atoms with Gasteiger partial charge in [0.25, 0.3) is 0 Å². The quantitative estimate of drug-likeness (QED) is 0.836. The maximum absolute atomic E-state index is 12.1. The number of rotatable bonds is 6. The molecule has 2 amide bonds. The van der Waals surface area contributed by atoms with Crippen LogP contribution < -0.4 is 5.32 Å². The molecule has 132 valence electrons. The smallest absolute Gasteiger partial charge is 0.222 e. The van der Waals surface area contributed by atoms with E-state index in [1.807, 2.05) is 37.3 Å². The Morgan fingerprint density at radius 2 is 1.96 bits per heavy atom. The maximum atomic E-state index is 12.1. The van der Waals surface area contributed by atoms with Crippen molar-refractivity contribution in [2.24, 2.45) is 0 Å². The zero-order chi connectivity index (χ0) is 17.7. The van der Waals surface area contributed by atoms with E-state index in [4.69, 9.17) is 0 Å². The van der Waals surface area contributed by atoms with E-state index in [2.05, 4.69) is 5.32 Å². The molecule has 1 fully saturated rings. The Morgan fingerprint density at radius 1 is 1.29 bits per heavy atom. The molecule has 0 radical (unpaired) electrons. The first-order valence-electron chi connectivity index (χ1n) is 8.10. The molecule has 2 rings (SSSR count). The third kappa shape index (κ3) is 5.06. The molecule has 0 aliphatic carbocycles. The molecule has 0 aromatic heterocycles. The Labute approximate surface area is 143 Å². The highest BCUT2D eigenvalue weighted by Crippen LogP contribution is 2.20.